The number of aromatic nitrogens is 1. The van der Waals surface area contributed by atoms with Crippen molar-refractivity contribution in [1.82, 2.24) is 10.1 Å². The number of halogens is 1. The van der Waals surface area contributed by atoms with Crippen molar-refractivity contribution in [3.05, 3.63) is 59.5 Å². The number of ether oxygens (including phenoxy) is 3. The molecule has 1 aliphatic rings. The highest BCUT2D eigenvalue weighted by molar-refractivity contribution is 5.81. The van der Waals surface area contributed by atoms with Gasteiger partial charge in [0, 0.05) is 24.1 Å². The van der Waals surface area contributed by atoms with Gasteiger partial charge < -0.3 is 23.6 Å². The number of carbonyl (C=O) groups is 1. The van der Waals surface area contributed by atoms with Crippen LogP contribution in [-0.4, -0.2) is 37.3 Å². The molecule has 0 atom stereocenters. The minimum Gasteiger partial charge on any atom is -0.493 e. The molecule has 1 aromatic heterocycles. The standard InChI is InChI=1S/C24H25FN2O5/c1-29-21-10-17(11-22(30-2)23(21)31-3)20-12-19(26-32-20)14-27(24(28)16-6-7-16)13-15-4-8-18(25)9-5-15/h4-5,8-12,16H,6-7,13-14H2,1-3H3. The molecule has 4 rings (SSSR count). The van der Waals surface area contributed by atoms with Crippen molar-refractivity contribution in [2.45, 2.75) is 25.9 Å². The van der Waals surface area contributed by atoms with Crippen LogP contribution in [0, 0.1) is 11.7 Å². The van der Waals surface area contributed by atoms with E-state index in [0.29, 0.717) is 47.4 Å². The van der Waals surface area contributed by atoms with E-state index in [1.807, 2.05) is 0 Å². The molecule has 7 nitrogen and oxygen atoms in total. The highest BCUT2D eigenvalue weighted by Gasteiger charge is 2.34. The van der Waals surface area contributed by atoms with Crippen LogP contribution in [0.25, 0.3) is 11.3 Å². The Kier molecular flexibility index (Phi) is 6.30. The lowest BCUT2D eigenvalue weighted by Crippen LogP contribution is -2.31. The summed E-state index contributed by atoms with van der Waals surface area (Å²) in [4.78, 5) is 14.6. The lowest BCUT2D eigenvalue weighted by atomic mass is 10.1. The van der Waals surface area contributed by atoms with Gasteiger partial charge in [-0.15, -0.1) is 0 Å². The Labute approximate surface area is 185 Å². The first-order chi connectivity index (χ1) is 15.5. The molecule has 1 aliphatic carbocycles. The van der Waals surface area contributed by atoms with Gasteiger partial charge in [-0.25, -0.2) is 4.39 Å². The Morgan fingerprint density at radius 3 is 2.25 bits per heavy atom. The van der Waals surface area contributed by atoms with Crippen LogP contribution in [0.3, 0.4) is 0 Å². The Hall–Kier alpha value is -3.55. The second-order valence-electron chi connectivity index (χ2n) is 7.69. The molecule has 1 saturated carbocycles. The van der Waals surface area contributed by atoms with Crippen LogP contribution in [-0.2, 0) is 17.9 Å². The van der Waals surface area contributed by atoms with Gasteiger partial charge in [0.05, 0.1) is 27.9 Å². The Balaban J connectivity index is 1.57. The third-order valence-electron chi connectivity index (χ3n) is 5.39. The third kappa shape index (κ3) is 4.69. The van der Waals surface area contributed by atoms with Gasteiger partial charge in [0.15, 0.2) is 17.3 Å². The maximum absolute atomic E-state index is 13.3. The van der Waals surface area contributed by atoms with E-state index in [-0.39, 0.29) is 17.6 Å². The van der Waals surface area contributed by atoms with Gasteiger partial charge in [-0.1, -0.05) is 17.3 Å². The summed E-state index contributed by atoms with van der Waals surface area (Å²) in [6.07, 6.45) is 1.79. The van der Waals surface area contributed by atoms with Crippen LogP contribution in [0.5, 0.6) is 17.2 Å². The molecule has 0 bridgehead atoms. The summed E-state index contributed by atoms with van der Waals surface area (Å²) in [6, 6.07) is 11.5. The molecule has 3 aromatic rings. The molecular weight excluding hydrogens is 415 g/mol. The van der Waals surface area contributed by atoms with Crippen LogP contribution >= 0.6 is 0 Å². The first-order valence-corrected chi connectivity index (χ1v) is 10.3. The lowest BCUT2D eigenvalue weighted by molar-refractivity contribution is -0.133. The van der Waals surface area contributed by atoms with Crippen LogP contribution < -0.4 is 14.2 Å². The van der Waals surface area contributed by atoms with Crippen molar-refractivity contribution in [3.8, 4) is 28.6 Å². The average Bonchev–Trinajstić information content (AvgIpc) is 3.56. The van der Waals surface area contributed by atoms with Crippen molar-refractivity contribution in [2.75, 3.05) is 21.3 Å². The summed E-state index contributed by atoms with van der Waals surface area (Å²) in [7, 11) is 4.63. The summed E-state index contributed by atoms with van der Waals surface area (Å²) in [5.41, 5.74) is 2.18. The van der Waals surface area contributed by atoms with Crippen molar-refractivity contribution >= 4 is 5.91 Å². The molecule has 168 valence electrons. The van der Waals surface area contributed by atoms with E-state index in [1.165, 1.54) is 12.1 Å². The fourth-order valence-electron chi connectivity index (χ4n) is 3.55. The molecule has 0 spiro atoms. The Morgan fingerprint density at radius 2 is 1.69 bits per heavy atom. The largest absolute Gasteiger partial charge is 0.493 e. The fraction of sp³-hybridized carbons (Fsp3) is 0.333. The SMILES string of the molecule is COc1cc(-c2cc(CN(Cc3ccc(F)cc3)C(=O)C3CC3)no2)cc(OC)c1OC. The second-order valence-corrected chi connectivity index (χ2v) is 7.69. The molecule has 1 amide bonds. The Morgan fingerprint density at radius 1 is 1.03 bits per heavy atom. The number of hydrogen-bond donors (Lipinski definition) is 0. The first kappa shape index (κ1) is 21.7. The van der Waals surface area contributed by atoms with Crippen LogP contribution in [0.4, 0.5) is 4.39 Å². The quantitative estimate of drug-likeness (QED) is 0.490. The second kappa shape index (κ2) is 9.30. The summed E-state index contributed by atoms with van der Waals surface area (Å²) in [5, 5.41) is 4.16. The minimum absolute atomic E-state index is 0.0527. The molecule has 1 heterocycles. The lowest BCUT2D eigenvalue weighted by Gasteiger charge is -2.21. The molecule has 0 saturated heterocycles. The number of carbonyl (C=O) groups excluding carboxylic acids is 1. The van der Waals surface area contributed by atoms with E-state index >= 15 is 0 Å². The van der Waals surface area contributed by atoms with Gasteiger partial charge in [0.1, 0.15) is 11.5 Å². The molecule has 2 aromatic carbocycles. The van der Waals surface area contributed by atoms with E-state index in [1.54, 1.807) is 56.6 Å². The number of amides is 1. The maximum atomic E-state index is 13.3. The molecule has 0 unspecified atom stereocenters. The normalized spacial score (nSPS) is 13.0. The van der Waals surface area contributed by atoms with Gasteiger partial charge in [-0.05, 0) is 42.7 Å². The molecule has 1 fully saturated rings. The van der Waals surface area contributed by atoms with Gasteiger partial charge in [-0.2, -0.15) is 0 Å². The zero-order valence-electron chi connectivity index (χ0n) is 18.3. The number of rotatable bonds is 9. The number of benzene rings is 2. The van der Waals surface area contributed by atoms with E-state index in [4.69, 9.17) is 18.7 Å². The van der Waals surface area contributed by atoms with E-state index in [2.05, 4.69) is 5.16 Å². The summed E-state index contributed by atoms with van der Waals surface area (Å²) >= 11 is 0. The van der Waals surface area contributed by atoms with E-state index in [9.17, 15) is 9.18 Å². The predicted molar refractivity (Wildman–Crippen MR) is 115 cm³/mol. The van der Waals surface area contributed by atoms with Crippen molar-refractivity contribution < 1.29 is 27.9 Å². The fourth-order valence-corrected chi connectivity index (χ4v) is 3.55. The average molecular weight is 440 g/mol. The molecule has 32 heavy (non-hydrogen) atoms. The van der Waals surface area contributed by atoms with Gasteiger partial charge >= 0.3 is 0 Å². The van der Waals surface area contributed by atoms with Gasteiger partial charge in [0.2, 0.25) is 11.7 Å². The van der Waals surface area contributed by atoms with E-state index < -0.39 is 0 Å². The van der Waals surface area contributed by atoms with Crippen molar-refractivity contribution in [2.24, 2.45) is 5.92 Å². The topological polar surface area (TPSA) is 74.0 Å². The van der Waals surface area contributed by atoms with Crippen LogP contribution in [0.2, 0.25) is 0 Å². The monoisotopic (exact) mass is 440 g/mol. The number of methoxy groups -OCH3 is 3. The van der Waals surface area contributed by atoms with Crippen LogP contribution in [0.15, 0.2) is 47.0 Å². The third-order valence-corrected chi connectivity index (χ3v) is 5.39. The van der Waals surface area contributed by atoms with E-state index in [0.717, 1.165) is 18.4 Å². The highest BCUT2D eigenvalue weighted by atomic mass is 19.1. The minimum atomic E-state index is -0.305. The summed E-state index contributed by atoms with van der Waals surface area (Å²) in [5.74, 6) is 1.83. The van der Waals surface area contributed by atoms with Crippen LogP contribution in [0.1, 0.15) is 24.1 Å². The Bertz CT molecular complexity index is 1070. The first-order valence-electron chi connectivity index (χ1n) is 10.3. The summed E-state index contributed by atoms with van der Waals surface area (Å²) in [6.45, 7) is 0.669. The van der Waals surface area contributed by atoms with Gasteiger partial charge in [-0.3, -0.25) is 4.79 Å². The van der Waals surface area contributed by atoms with Gasteiger partial charge in [0.25, 0.3) is 0 Å². The molecular formula is C24H25FN2O5. The predicted octanol–water partition coefficient (Wildman–Crippen LogP) is 4.45. The number of nitrogens with zero attached hydrogens (tertiary/aromatic N) is 2. The molecule has 8 heteroatoms. The highest BCUT2D eigenvalue weighted by Crippen LogP contribution is 2.41. The molecule has 0 aliphatic heterocycles. The zero-order chi connectivity index (χ0) is 22.7. The number of hydrogen-bond acceptors (Lipinski definition) is 6. The van der Waals surface area contributed by atoms with Crippen molar-refractivity contribution in [1.29, 1.82) is 0 Å². The summed E-state index contributed by atoms with van der Waals surface area (Å²) < 4.78 is 35.0. The molecule has 0 N–H and O–H groups in total. The zero-order valence-corrected chi connectivity index (χ0v) is 18.3. The van der Waals surface area contributed by atoms with Crippen molar-refractivity contribution in [3.63, 3.8) is 0 Å². The molecule has 0 radical (unpaired) electrons. The smallest absolute Gasteiger partial charge is 0.226 e. The maximum Gasteiger partial charge on any atom is 0.226 e.